The summed E-state index contributed by atoms with van der Waals surface area (Å²) in [6.07, 6.45) is -2.03. The van der Waals surface area contributed by atoms with Gasteiger partial charge in [-0.05, 0) is 38.5 Å². The normalized spacial score (nSPS) is 18.2. The fraction of sp³-hybridized carbons (Fsp3) is 0.350. The number of nitrogens with two attached hydrogens (primary N) is 2. The summed E-state index contributed by atoms with van der Waals surface area (Å²) in [6.45, 7) is 6.29. The van der Waals surface area contributed by atoms with E-state index in [1.807, 2.05) is 20.8 Å². The number of hydrogen-bond donors (Lipinski definition) is 2. The number of nitrogens with zero attached hydrogens (tertiary/aromatic N) is 3. The van der Waals surface area contributed by atoms with Crippen LogP contribution in [0.3, 0.4) is 0 Å². The van der Waals surface area contributed by atoms with Crippen LogP contribution in [0.5, 0.6) is 5.75 Å². The van der Waals surface area contributed by atoms with Gasteiger partial charge in [-0.1, -0.05) is 12.1 Å². The number of fused-ring (bicyclic) bond motifs is 1. The maximum absolute atomic E-state index is 13.9. The lowest BCUT2D eigenvalue weighted by Gasteiger charge is -2.46. The van der Waals surface area contributed by atoms with Gasteiger partial charge in [-0.15, -0.1) is 4.65 Å². The van der Waals surface area contributed by atoms with Crippen molar-refractivity contribution in [1.29, 1.82) is 5.26 Å². The van der Waals surface area contributed by atoms with Gasteiger partial charge in [0.15, 0.2) is 12.3 Å². The quantitative estimate of drug-likeness (QED) is 0.742. The van der Waals surface area contributed by atoms with Crippen LogP contribution in [0.1, 0.15) is 32.2 Å². The van der Waals surface area contributed by atoms with E-state index >= 15 is 0 Å². The van der Waals surface area contributed by atoms with Crippen LogP contribution in [0.25, 0.3) is 11.1 Å². The molecule has 0 spiro atoms. The van der Waals surface area contributed by atoms with Gasteiger partial charge in [-0.25, -0.2) is 14.0 Å². The van der Waals surface area contributed by atoms with Crippen LogP contribution in [-0.4, -0.2) is 33.5 Å². The summed E-state index contributed by atoms with van der Waals surface area (Å²) in [5, 5.41) is 9.84. The molecule has 0 fully saturated rings. The molecule has 9 nitrogen and oxygen atoms in total. The largest absolute Gasteiger partial charge is 0.459 e. The molecule has 3 rings (SSSR count). The van der Waals surface area contributed by atoms with E-state index in [4.69, 9.17) is 21.0 Å². The van der Waals surface area contributed by atoms with Crippen LogP contribution >= 0.6 is 0 Å². The molecular weight excluding hydrogens is 393 g/mol. The molecule has 0 bridgehead atoms. The van der Waals surface area contributed by atoms with Gasteiger partial charge >= 0.3 is 12.2 Å². The predicted octanol–water partition coefficient (Wildman–Crippen LogP) is 2.76. The van der Waals surface area contributed by atoms with Gasteiger partial charge in [-0.3, -0.25) is 4.84 Å². The van der Waals surface area contributed by atoms with Crippen molar-refractivity contribution in [3.05, 3.63) is 41.5 Å². The van der Waals surface area contributed by atoms with Crippen molar-refractivity contribution in [2.75, 3.05) is 6.54 Å². The minimum atomic E-state index is -1.08. The summed E-state index contributed by atoms with van der Waals surface area (Å²) in [7, 11) is 0. The van der Waals surface area contributed by atoms with E-state index in [1.54, 1.807) is 10.6 Å². The van der Waals surface area contributed by atoms with E-state index in [9.17, 15) is 19.2 Å². The van der Waals surface area contributed by atoms with Crippen molar-refractivity contribution in [2.24, 2.45) is 11.5 Å². The highest BCUT2D eigenvalue weighted by molar-refractivity contribution is 5.81. The number of hydrogen-bond acceptors (Lipinski definition) is 5. The Labute approximate surface area is 172 Å². The SMILES string of the molecule is CC(C)(C)[N+]1(OC(N)=O)CCn2c(C#N)c(-c3cccc(F)c3)c(OC(N)=O)c2C1. The molecule has 2 heterocycles. The second-order valence-electron chi connectivity index (χ2n) is 8.05. The van der Waals surface area contributed by atoms with Crippen LogP contribution in [0.15, 0.2) is 24.3 Å². The van der Waals surface area contributed by atoms with Gasteiger partial charge < -0.3 is 20.8 Å². The Hall–Kier alpha value is -3.58. The number of primary amides is 2. The monoisotopic (exact) mass is 416 g/mol. The molecule has 0 saturated carbocycles. The van der Waals surface area contributed by atoms with E-state index in [1.165, 1.54) is 18.2 Å². The molecule has 0 saturated heterocycles. The number of carbonyl (C=O) groups is 2. The molecule has 10 heteroatoms. The Morgan fingerprint density at radius 2 is 1.97 bits per heavy atom. The minimum absolute atomic E-state index is 0.0316. The number of benzene rings is 1. The van der Waals surface area contributed by atoms with Gasteiger partial charge in [0.1, 0.15) is 35.4 Å². The lowest BCUT2D eigenvalue weighted by molar-refractivity contribution is -1.13. The Kier molecular flexibility index (Phi) is 5.18. The van der Waals surface area contributed by atoms with Crippen molar-refractivity contribution in [1.82, 2.24) is 4.57 Å². The highest BCUT2D eigenvalue weighted by Gasteiger charge is 2.50. The molecule has 0 aliphatic carbocycles. The van der Waals surface area contributed by atoms with Crippen LogP contribution in [0, 0.1) is 17.1 Å². The number of aromatic nitrogens is 1. The summed E-state index contributed by atoms with van der Waals surface area (Å²) in [5.74, 6) is -0.480. The third-order valence-electron chi connectivity index (χ3n) is 5.32. The zero-order valence-electron chi connectivity index (χ0n) is 16.9. The van der Waals surface area contributed by atoms with Crippen molar-refractivity contribution in [3.8, 4) is 22.9 Å². The first-order valence-electron chi connectivity index (χ1n) is 9.24. The Bertz CT molecular complexity index is 1070. The van der Waals surface area contributed by atoms with Crippen molar-refractivity contribution in [2.45, 2.75) is 39.4 Å². The van der Waals surface area contributed by atoms with Gasteiger partial charge in [0.25, 0.3) is 0 Å². The zero-order valence-corrected chi connectivity index (χ0v) is 16.9. The second kappa shape index (κ2) is 7.35. The highest BCUT2D eigenvalue weighted by atomic mass is 19.1. The molecule has 1 atom stereocenters. The highest BCUT2D eigenvalue weighted by Crippen LogP contribution is 2.44. The van der Waals surface area contributed by atoms with Crippen molar-refractivity contribution < 1.29 is 28.2 Å². The first-order chi connectivity index (χ1) is 14.0. The fourth-order valence-electron chi connectivity index (χ4n) is 3.83. The molecule has 2 amide bonds. The topological polar surface area (TPSA) is 133 Å². The molecule has 2 aromatic rings. The lowest BCUT2D eigenvalue weighted by Crippen LogP contribution is -2.63. The molecule has 0 radical (unpaired) electrons. The average molecular weight is 416 g/mol. The lowest BCUT2D eigenvalue weighted by atomic mass is 10.0. The molecule has 4 N–H and O–H groups in total. The minimum Gasteiger partial charge on any atom is -0.408 e. The van der Waals surface area contributed by atoms with Crippen LogP contribution in [0.4, 0.5) is 14.0 Å². The van der Waals surface area contributed by atoms with E-state index in [0.29, 0.717) is 17.8 Å². The molecule has 1 unspecified atom stereocenters. The maximum atomic E-state index is 13.9. The van der Waals surface area contributed by atoms with Crippen LogP contribution in [-0.2, 0) is 17.9 Å². The third-order valence-corrected chi connectivity index (χ3v) is 5.32. The molecule has 1 aromatic carbocycles. The number of nitriles is 1. The number of ether oxygens (including phenoxy) is 1. The molecular formula is C20H23FN5O4+. The molecule has 1 aliphatic rings. The number of rotatable bonds is 3. The maximum Gasteiger partial charge on any atom is 0.459 e. The standard InChI is InChI=1S/C20H22FN5O4/c1-20(2,3)26(30-19(24)28)8-7-25-14(10-22)16(12-5-4-6-13(21)9-12)17(15(25)11-26)29-18(23)27/h4-6,9H,7-8,11H2,1-3H3,(H3-,23,24,27,28)/p+1. The zero-order chi connectivity index (χ0) is 22.3. The van der Waals surface area contributed by atoms with E-state index in [2.05, 4.69) is 6.07 Å². The van der Waals surface area contributed by atoms with E-state index in [0.717, 1.165) is 0 Å². The molecule has 1 aromatic heterocycles. The number of hydroxylamine groups is 3. The summed E-state index contributed by atoms with van der Waals surface area (Å²) in [6, 6.07) is 7.71. The van der Waals surface area contributed by atoms with E-state index < -0.39 is 23.5 Å². The Morgan fingerprint density at radius 1 is 1.27 bits per heavy atom. The van der Waals surface area contributed by atoms with Crippen LogP contribution in [0.2, 0.25) is 0 Å². The summed E-state index contributed by atoms with van der Waals surface area (Å²) in [4.78, 5) is 28.8. The van der Waals surface area contributed by atoms with Crippen LogP contribution < -0.4 is 16.2 Å². The van der Waals surface area contributed by atoms with Gasteiger partial charge in [0.05, 0.1) is 12.1 Å². The Balaban J connectivity index is 2.28. The molecule has 30 heavy (non-hydrogen) atoms. The first-order valence-corrected chi connectivity index (χ1v) is 9.24. The number of halogens is 1. The molecule has 158 valence electrons. The first kappa shape index (κ1) is 21.1. The fourth-order valence-corrected chi connectivity index (χ4v) is 3.83. The summed E-state index contributed by atoms with van der Waals surface area (Å²) < 4.78 is 20.7. The summed E-state index contributed by atoms with van der Waals surface area (Å²) in [5.41, 5.74) is 11.2. The molecule has 1 aliphatic heterocycles. The smallest absolute Gasteiger partial charge is 0.408 e. The number of quaternary nitrogens is 1. The Morgan fingerprint density at radius 3 is 2.50 bits per heavy atom. The summed E-state index contributed by atoms with van der Waals surface area (Å²) >= 11 is 0. The number of carbonyl (C=O) groups excluding carboxylic acids is 2. The van der Waals surface area contributed by atoms with Crippen molar-refractivity contribution >= 4 is 12.2 Å². The predicted molar refractivity (Wildman–Crippen MR) is 104 cm³/mol. The van der Waals surface area contributed by atoms with Gasteiger partial charge in [0.2, 0.25) is 0 Å². The van der Waals surface area contributed by atoms with Crippen molar-refractivity contribution in [3.63, 3.8) is 0 Å². The van der Waals surface area contributed by atoms with E-state index in [-0.39, 0.29) is 34.7 Å². The van der Waals surface area contributed by atoms with Gasteiger partial charge in [0, 0.05) is 0 Å². The van der Waals surface area contributed by atoms with Gasteiger partial charge in [-0.2, -0.15) is 5.26 Å². The third kappa shape index (κ3) is 3.55. The number of amides is 2. The second-order valence-corrected chi connectivity index (χ2v) is 8.05. The average Bonchev–Trinajstić information content (AvgIpc) is 2.92.